The van der Waals surface area contributed by atoms with Gasteiger partial charge in [-0.15, -0.1) is 0 Å². The fraction of sp³-hybridized carbons (Fsp3) is 0.0588. The zero-order chi connectivity index (χ0) is 13.9. The molecule has 3 nitrogen and oxygen atoms in total. The van der Waals surface area contributed by atoms with E-state index in [1.807, 2.05) is 36.4 Å². The fourth-order valence-electron chi connectivity index (χ4n) is 2.13. The van der Waals surface area contributed by atoms with Gasteiger partial charge in [0.15, 0.2) is 11.5 Å². The number of rotatable bonds is 3. The van der Waals surface area contributed by atoms with Crippen LogP contribution in [0.15, 0.2) is 60.7 Å². The van der Waals surface area contributed by atoms with Crippen LogP contribution in [0.4, 0.5) is 0 Å². The molecule has 0 heterocycles. The van der Waals surface area contributed by atoms with Gasteiger partial charge in [-0.05, 0) is 40.6 Å². The predicted molar refractivity (Wildman–Crippen MR) is 78.1 cm³/mol. The molecule has 3 heteroatoms. The molecule has 0 aliphatic carbocycles. The van der Waals surface area contributed by atoms with Crippen LogP contribution in [0.2, 0.25) is 0 Å². The van der Waals surface area contributed by atoms with Crippen molar-refractivity contribution in [2.45, 2.75) is 6.61 Å². The van der Waals surface area contributed by atoms with Crippen molar-refractivity contribution in [3.8, 4) is 17.2 Å². The van der Waals surface area contributed by atoms with Gasteiger partial charge < -0.3 is 14.9 Å². The maximum absolute atomic E-state index is 9.97. The van der Waals surface area contributed by atoms with Crippen molar-refractivity contribution >= 4 is 10.8 Å². The molecule has 0 fully saturated rings. The van der Waals surface area contributed by atoms with Gasteiger partial charge in [0, 0.05) is 0 Å². The molecule has 0 aliphatic heterocycles. The van der Waals surface area contributed by atoms with Crippen molar-refractivity contribution < 1.29 is 14.9 Å². The minimum atomic E-state index is 0.115. The third-order valence-electron chi connectivity index (χ3n) is 3.13. The van der Waals surface area contributed by atoms with Crippen molar-refractivity contribution in [3.63, 3.8) is 0 Å². The highest BCUT2D eigenvalue weighted by Crippen LogP contribution is 2.32. The molecular formula is C17H14O3. The summed E-state index contributed by atoms with van der Waals surface area (Å²) >= 11 is 0. The highest BCUT2D eigenvalue weighted by atomic mass is 16.5. The fourth-order valence-corrected chi connectivity index (χ4v) is 2.13. The Hall–Kier alpha value is -2.68. The van der Waals surface area contributed by atoms with Crippen LogP contribution in [0.5, 0.6) is 17.2 Å². The van der Waals surface area contributed by atoms with Gasteiger partial charge in [-0.25, -0.2) is 0 Å². The maximum atomic E-state index is 9.97. The zero-order valence-electron chi connectivity index (χ0n) is 10.8. The first kappa shape index (κ1) is 12.4. The summed E-state index contributed by atoms with van der Waals surface area (Å²) in [5, 5.41) is 21.3. The Labute approximate surface area is 116 Å². The second-order valence-electron chi connectivity index (χ2n) is 4.63. The number of hydrogen-bond acceptors (Lipinski definition) is 3. The van der Waals surface area contributed by atoms with Crippen LogP contribution in [0.3, 0.4) is 0 Å². The van der Waals surface area contributed by atoms with E-state index < -0.39 is 0 Å². The molecule has 0 saturated carbocycles. The summed E-state index contributed by atoms with van der Waals surface area (Å²) in [5.41, 5.74) is 0.845. The van der Waals surface area contributed by atoms with Crippen LogP contribution in [0.1, 0.15) is 5.56 Å². The van der Waals surface area contributed by atoms with Gasteiger partial charge in [-0.3, -0.25) is 0 Å². The van der Waals surface area contributed by atoms with E-state index in [9.17, 15) is 10.2 Å². The Balaban J connectivity index is 1.85. The van der Waals surface area contributed by atoms with E-state index in [4.69, 9.17) is 4.74 Å². The smallest absolute Gasteiger partial charge is 0.162 e. The molecule has 0 atom stereocenters. The molecule has 3 rings (SSSR count). The zero-order valence-corrected chi connectivity index (χ0v) is 10.8. The van der Waals surface area contributed by atoms with Gasteiger partial charge in [-0.1, -0.05) is 36.4 Å². The van der Waals surface area contributed by atoms with Crippen LogP contribution in [0.25, 0.3) is 10.8 Å². The molecule has 0 radical (unpaired) electrons. The number of phenolic OH excluding ortho intramolecular Hbond substituents is 2. The first-order chi connectivity index (χ1) is 9.72. The molecule has 2 N–H and O–H groups in total. The third kappa shape index (κ3) is 2.52. The number of ether oxygens (including phenoxy) is 1. The lowest BCUT2D eigenvalue weighted by molar-refractivity contribution is 0.289. The topological polar surface area (TPSA) is 49.7 Å². The van der Waals surface area contributed by atoms with Crippen molar-refractivity contribution in [1.82, 2.24) is 0 Å². The summed E-state index contributed by atoms with van der Waals surface area (Å²) < 4.78 is 5.62. The monoisotopic (exact) mass is 266 g/mol. The van der Waals surface area contributed by atoms with Crippen LogP contribution < -0.4 is 4.74 Å². The lowest BCUT2D eigenvalue weighted by Gasteiger charge is -2.10. The minimum absolute atomic E-state index is 0.115. The average molecular weight is 266 g/mol. The van der Waals surface area contributed by atoms with Crippen molar-refractivity contribution in [1.29, 1.82) is 0 Å². The Morgan fingerprint density at radius 2 is 1.55 bits per heavy atom. The molecular weight excluding hydrogens is 252 g/mol. The Morgan fingerprint density at radius 3 is 2.30 bits per heavy atom. The van der Waals surface area contributed by atoms with E-state index in [0.717, 1.165) is 16.3 Å². The Kier molecular flexibility index (Phi) is 3.17. The molecule has 0 amide bonds. The minimum Gasteiger partial charge on any atom is -0.508 e. The predicted octanol–water partition coefficient (Wildman–Crippen LogP) is 3.83. The van der Waals surface area contributed by atoms with Crippen LogP contribution in [0, 0.1) is 0 Å². The average Bonchev–Trinajstić information content (AvgIpc) is 2.45. The number of hydrogen-bond donors (Lipinski definition) is 2. The third-order valence-corrected chi connectivity index (χ3v) is 3.13. The highest BCUT2D eigenvalue weighted by molar-refractivity contribution is 5.85. The van der Waals surface area contributed by atoms with Crippen molar-refractivity contribution in [3.05, 3.63) is 66.2 Å². The van der Waals surface area contributed by atoms with Crippen molar-refractivity contribution in [2.24, 2.45) is 0 Å². The number of fused-ring (bicyclic) bond motifs is 1. The summed E-state index contributed by atoms with van der Waals surface area (Å²) in [4.78, 5) is 0. The van der Waals surface area contributed by atoms with Crippen molar-refractivity contribution in [2.75, 3.05) is 0 Å². The molecule has 0 aromatic heterocycles. The molecule has 0 bridgehead atoms. The quantitative estimate of drug-likeness (QED) is 0.757. The highest BCUT2D eigenvalue weighted by Gasteiger charge is 2.05. The molecule has 0 saturated heterocycles. The van der Waals surface area contributed by atoms with Gasteiger partial charge in [0.1, 0.15) is 12.4 Å². The van der Waals surface area contributed by atoms with Gasteiger partial charge in [-0.2, -0.15) is 0 Å². The molecule has 20 heavy (non-hydrogen) atoms. The maximum Gasteiger partial charge on any atom is 0.162 e. The van der Waals surface area contributed by atoms with Gasteiger partial charge >= 0.3 is 0 Å². The molecule has 0 spiro atoms. The summed E-state index contributed by atoms with van der Waals surface area (Å²) in [5.74, 6) is 0.754. The second-order valence-corrected chi connectivity index (χ2v) is 4.63. The normalized spacial score (nSPS) is 10.6. The van der Waals surface area contributed by atoms with Crippen LogP contribution in [-0.2, 0) is 6.61 Å². The van der Waals surface area contributed by atoms with E-state index >= 15 is 0 Å². The number of benzene rings is 3. The van der Waals surface area contributed by atoms with Crippen LogP contribution >= 0.6 is 0 Å². The SMILES string of the molecule is Oc1cccc(COc2cc3ccccc3cc2O)c1. The lowest BCUT2D eigenvalue weighted by atomic mass is 10.1. The summed E-state index contributed by atoms with van der Waals surface area (Å²) in [6.45, 7) is 0.292. The van der Waals surface area contributed by atoms with Gasteiger partial charge in [0.2, 0.25) is 0 Å². The Morgan fingerprint density at radius 1 is 0.800 bits per heavy atom. The van der Waals surface area contributed by atoms with E-state index in [0.29, 0.717) is 12.4 Å². The van der Waals surface area contributed by atoms with E-state index in [-0.39, 0.29) is 11.5 Å². The van der Waals surface area contributed by atoms with Gasteiger partial charge in [0.25, 0.3) is 0 Å². The number of aromatic hydroxyl groups is 2. The van der Waals surface area contributed by atoms with E-state index in [2.05, 4.69) is 0 Å². The number of phenols is 2. The standard InChI is InChI=1S/C17H14O3/c18-15-7-3-4-12(8-15)11-20-17-10-14-6-2-1-5-13(14)9-16(17)19/h1-10,18-19H,11H2. The Bertz CT molecular complexity index is 750. The molecule has 3 aromatic rings. The largest absolute Gasteiger partial charge is 0.508 e. The molecule has 0 aliphatic rings. The first-order valence-electron chi connectivity index (χ1n) is 6.35. The van der Waals surface area contributed by atoms with E-state index in [1.165, 1.54) is 0 Å². The van der Waals surface area contributed by atoms with Crippen LogP contribution in [-0.4, -0.2) is 10.2 Å². The summed E-state index contributed by atoms with van der Waals surface area (Å²) in [6.07, 6.45) is 0. The molecule has 3 aromatic carbocycles. The summed E-state index contributed by atoms with van der Waals surface area (Å²) in [7, 11) is 0. The van der Waals surface area contributed by atoms with Gasteiger partial charge in [0.05, 0.1) is 0 Å². The summed E-state index contributed by atoms with van der Waals surface area (Å²) in [6, 6.07) is 18.1. The second kappa shape index (κ2) is 5.13. The molecule has 0 unspecified atom stereocenters. The first-order valence-corrected chi connectivity index (χ1v) is 6.35. The van der Waals surface area contributed by atoms with E-state index in [1.54, 1.807) is 24.3 Å². The molecule has 100 valence electrons. The lowest BCUT2D eigenvalue weighted by Crippen LogP contribution is -1.95.